The number of ether oxygens (including phenoxy) is 1. The lowest BCUT2D eigenvalue weighted by atomic mass is 9.99. The minimum Gasteiger partial charge on any atom is -0.440 e. The molecule has 3 aromatic rings. The van der Waals surface area contributed by atoms with Crippen LogP contribution >= 0.6 is 0 Å². The molecule has 0 saturated carbocycles. The highest BCUT2D eigenvalue weighted by atomic mass is 19.1. The zero-order valence-corrected chi connectivity index (χ0v) is 19.5. The number of fused-ring (bicyclic) bond motifs is 1. The van der Waals surface area contributed by atoms with Crippen molar-refractivity contribution in [3.05, 3.63) is 69.4 Å². The predicted octanol–water partition coefficient (Wildman–Crippen LogP) is 4.17. The maximum atomic E-state index is 13.7. The Kier molecular flexibility index (Phi) is 6.56. The Morgan fingerprint density at radius 2 is 1.85 bits per heavy atom. The Labute approximate surface area is 195 Å². The summed E-state index contributed by atoms with van der Waals surface area (Å²) in [4.78, 5) is 29.2. The Balaban J connectivity index is 1.85. The second-order valence-electron chi connectivity index (χ2n) is 8.74. The van der Waals surface area contributed by atoms with E-state index in [1.54, 1.807) is 27.1 Å². The molecule has 180 valence electrons. The van der Waals surface area contributed by atoms with E-state index >= 15 is 0 Å². The second kappa shape index (κ2) is 9.42. The summed E-state index contributed by atoms with van der Waals surface area (Å²) in [7, 11) is 3.24. The first-order valence-electron chi connectivity index (χ1n) is 11.0. The lowest BCUT2D eigenvalue weighted by Gasteiger charge is -2.31. The molecule has 1 unspecified atom stereocenters. The molecular weight excluding hydrogens is 444 g/mol. The summed E-state index contributed by atoms with van der Waals surface area (Å²) in [5.41, 5.74) is 1.09. The van der Waals surface area contributed by atoms with E-state index < -0.39 is 17.7 Å². The molecule has 0 spiro atoms. The number of morpholine rings is 1. The van der Waals surface area contributed by atoms with Crippen LogP contribution in [0.3, 0.4) is 0 Å². The zero-order chi connectivity index (χ0) is 24.6. The second-order valence-corrected chi connectivity index (χ2v) is 8.74. The van der Waals surface area contributed by atoms with Crippen LogP contribution in [0.2, 0.25) is 0 Å². The summed E-state index contributed by atoms with van der Waals surface area (Å²) in [5.74, 6) is -1.31. The number of hydrogen-bond acceptors (Lipinski definition) is 6. The van der Waals surface area contributed by atoms with E-state index in [-0.39, 0.29) is 28.5 Å². The van der Waals surface area contributed by atoms with E-state index in [0.29, 0.717) is 42.3 Å². The van der Waals surface area contributed by atoms with Crippen molar-refractivity contribution in [2.75, 3.05) is 44.0 Å². The molecule has 1 aromatic heterocycles. The average Bonchev–Trinajstić information content (AvgIpc) is 2.77. The van der Waals surface area contributed by atoms with Gasteiger partial charge in [0.05, 0.1) is 24.1 Å². The summed E-state index contributed by atoms with van der Waals surface area (Å²) in [6, 6.07) is 7.19. The van der Waals surface area contributed by atoms with Gasteiger partial charge in [-0.15, -0.1) is 0 Å². The molecule has 1 saturated heterocycles. The number of nitrogens with zero attached hydrogens (tertiary/aromatic N) is 2. The molecule has 1 N–H and O–H groups in total. The lowest BCUT2D eigenvalue weighted by Crippen LogP contribution is -2.41. The fourth-order valence-corrected chi connectivity index (χ4v) is 4.11. The fraction of sp³-hybridized carbons (Fsp3) is 0.360. The van der Waals surface area contributed by atoms with Gasteiger partial charge in [0.25, 0.3) is 5.91 Å². The van der Waals surface area contributed by atoms with E-state index in [2.05, 4.69) is 5.32 Å². The first-order chi connectivity index (χ1) is 16.1. The van der Waals surface area contributed by atoms with Crippen LogP contribution in [-0.2, 0) is 4.74 Å². The topological polar surface area (TPSA) is 75.0 Å². The van der Waals surface area contributed by atoms with Crippen LogP contribution in [0.15, 0.2) is 45.6 Å². The van der Waals surface area contributed by atoms with Crippen molar-refractivity contribution in [3.8, 4) is 0 Å². The van der Waals surface area contributed by atoms with Gasteiger partial charge in [0.1, 0.15) is 17.2 Å². The number of benzene rings is 2. The first-order valence-corrected chi connectivity index (χ1v) is 11.0. The van der Waals surface area contributed by atoms with Crippen molar-refractivity contribution in [1.29, 1.82) is 0 Å². The Hall–Kier alpha value is -3.46. The van der Waals surface area contributed by atoms with Crippen molar-refractivity contribution in [2.45, 2.75) is 26.0 Å². The molecule has 0 bridgehead atoms. The van der Waals surface area contributed by atoms with Crippen LogP contribution < -0.4 is 15.6 Å². The highest BCUT2D eigenvalue weighted by Crippen LogP contribution is 2.31. The van der Waals surface area contributed by atoms with Crippen LogP contribution in [-0.4, -0.2) is 50.7 Å². The standard InChI is InChI=1S/C25H27F2N3O4/c1-14-13-30(5-6-33-14)23-12-22(31)21-8-16(25(32)29(3)4)7-20(24(21)34-23)15(2)28-19-10-17(26)9-18(27)11-19/h7-12,14-15,28H,5-6,13H2,1-4H3/t14?,15-/m1/s1. The van der Waals surface area contributed by atoms with Crippen molar-refractivity contribution in [2.24, 2.45) is 0 Å². The van der Waals surface area contributed by atoms with Crippen LogP contribution in [0.25, 0.3) is 11.0 Å². The molecular formula is C25H27F2N3O4. The molecule has 0 aliphatic carbocycles. The minimum atomic E-state index is -0.716. The third-order valence-electron chi connectivity index (χ3n) is 5.76. The number of halogens is 2. The number of carbonyl (C=O) groups excluding carboxylic acids is 1. The van der Waals surface area contributed by atoms with Crippen LogP contribution in [0, 0.1) is 11.6 Å². The predicted molar refractivity (Wildman–Crippen MR) is 127 cm³/mol. The number of carbonyl (C=O) groups is 1. The molecule has 2 atom stereocenters. The summed E-state index contributed by atoms with van der Waals surface area (Å²) in [5, 5.41) is 3.31. The molecule has 34 heavy (non-hydrogen) atoms. The van der Waals surface area contributed by atoms with Crippen molar-refractivity contribution >= 4 is 28.4 Å². The number of rotatable bonds is 5. The quantitative estimate of drug-likeness (QED) is 0.602. The van der Waals surface area contributed by atoms with Gasteiger partial charge in [-0.05, 0) is 38.1 Å². The van der Waals surface area contributed by atoms with Gasteiger partial charge in [-0.1, -0.05) is 0 Å². The number of amides is 1. The summed E-state index contributed by atoms with van der Waals surface area (Å²) >= 11 is 0. The third-order valence-corrected chi connectivity index (χ3v) is 5.76. The molecule has 2 heterocycles. The minimum absolute atomic E-state index is 0.0160. The van der Waals surface area contributed by atoms with E-state index in [1.165, 1.54) is 29.2 Å². The summed E-state index contributed by atoms with van der Waals surface area (Å²) in [6.45, 7) is 5.36. The van der Waals surface area contributed by atoms with Gasteiger partial charge in [-0.25, -0.2) is 8.78 Å². The zero-order valence-electron chi connectivity index (χ0n) is 19.5. The van der Waals surface area contributed by atoms with Gasteiger partial charge in [0.15, 0.2) is 11.3 Å². The van der Waals surface area contributed by atoms with Gasteiger partial charge in [-0.3, -0.25) is 9.59 Å². The first kappa shape index (κ1) is 23.7. The van der Waals surface area contributed by atoms with Gasteiger partial charge in [-0.2, -0.15) is 0 Å². The number of hydrogen-bond donors (Lipinski definition) is 1. The highest BCUT2D eigenvalue weighted by molar-refractivity contribution is 5.98. The maximum absolute atomic E-state index is 13.7. The summed E-state index contributed by atoms with van der Waals surface area (Å²) < 4.78 is 39.3. The molecule has 4 rings (SSSR count). The van der Waals surface area contributed by atoms with Crippen LogP contribution in [0.5, 0.6) is 0 Å². The fourth-order valence-electron chi connectivity index (χ4n) is 4.11. The van der Waals surface area contributed by atoms with E-state index in [4.69, 9.17) is 9.15 Å². The van der Waals surface area contributed by atoms with E-state index in [1.807, 2.05) is 11.8 Å². The Morgan fingerprint density at radius 1 is 1.15 bits per heavy atom. The number of nitrogens with one attached hydrogen (secondary N) is 1. The van der Waals surface area contributed by atoms with Gasteiger partial charge in [0, 0.05) is 56.1 Å². The molecule has 9 heteroatoms. The Morgan fingerprint density at radius 3 is 2.50 bits per heavy atom. The highest BCUT2D eigenvalue weighted by Gasteiger charge is 2.23. The molecule has 1 fully saturated rings. The van der Waals surface area contributed by atoms with Crippen molar-refractivity contribution in [1.82, 2.24) is 4.90 Å². The van der Waals surface area contributed by atoms with Gasteiger partial charge < -0.3 is 24.3 Å². The van der Waals surface area contributed by atoms with Crippen LogP contribution in [0.4, 0.5) is 20.4 Å². The molecule has 0 radical (unpaired) electrons. The van der Waals surface area contributed by atoms with Crippen molar-refractivity contribution < 1.29 is 22.7 Å². The van der Waals surface area contributed by atoms with Crippen molar-refractivity contribution in [3.63, 3.8) is 0 Å². The number of anilines is 2. The monoisotopic (exact) mass is 471 g/mol. The van der Waals surface area contributed by atoms with E-state index in [9.17, 15) is 18.4 Å². The van der Waals surface area contributed by atoms with Gasteiger partial charge >= 0.3 is 0 Å². The molecule has 1 aliphatic rings. The maximum Gasteiger partial charge on any atom is 0.253 e. The third kappa shape index (κ3) is 4.89. The molecule has 2 aromatic carbocycles. The molecule has 1 aliphatic heterocycles. The van der Waals surface area contributed by atoms with Crippen LogP contribution in [0.1, 0.15) is 35.8 Å². The summed E-state index contributed by atoms with van der Waals surface area (Å²) in [6.07, 6.45) is -0.0160. The molecule has 1 amide bonds. The Bertz CT molecular complexity index is 1270. The average molecular weight is 472 g/mol. The SMILES string of the molecule is CC1CN(c2cc(=O)c3cc(C(=O)N(C)C)cc([C@@H](C)Nc4cc(F)cc(F)c4)c3o2)CCO1. The normalized spacial score (nSPS) is 17.0. The smallest absolute Gasteiger partial charge is 0.253 e. The van der Waals surface area contributed by atoms with Gasteiger partial charge in [0.2, 0.25) is 0 Å². The molecule has 7 nitrogen and oxygen atoms in total. The largest absolute Gasteiger partial charge is 0.440 e. The van der Waals surface area contributed by atoms with E-state index in [0.717, 1.165) is 6.07 Å². The lowest BCUT2D eigenvalue weighted by molar-refractivity contribution is 0.0517.